The number of amides is 1. The van der Waals surface area contributed by atoms with Crippen LogP contribution >= 0.6 is 0 Å². The maximum atomic E-state index is 11.7. The van der Waals surface area contributed by atoms with Crippen LogP contribution in [0.5, 0.6) is 0 Å². The molecule has 0 heterocycles. The maximum Gasteiger partial charge on any atom is 0.251 e. The van der Waals surface area contributed by atoms with Gasteiger partial charge >= 0.3 is 0 Å². The Morgan fingerprint density at radius 2 is 2.05 bits per heavy atom. The van der Waals surface area contributed by atoms with E-state index in [4.69, 9.17) is 5.73 Å². The molecule has 0 saturated heterocycles. The van der Waals surface area contributed by atoms with Gasteiger partial charge in [-0.1, -0.05) is 19.3 Å². The predicted octanol–water partition coefficient (Wildman–Crippen LogP) is 1.98. The molecule has 1 amide bonds. The summed E-state index contributed by atoms with van der Waals surface area (Å²) in [6, 6.07) is 5.21. The van der Waals surface area contributed by atoms with Crippen molar-refractivity contribution < 1.29 is 9.90 Å². The van der Waals surface area contributed by atoms with E-state index in [1.165, 1.54) is 6.42 Å². The second kappa shape index (κ2) is 6.80. The van der Waals surface area contributed by atoms with Gasteiger partial charge in [0.1, 0.15) is 0 Å². The fraction of sp³-hybridized carbons (Fsp3) is 0.562. The van der Waals surface area contributed by atoms with Crippen LogP contribution in [0.2, 0.25) is 0 Å². The Kier molecular flexibility index (Phi) is 5.07. The third kappa shape index (κ3) is 3.67. The fourth-order valence-corrected chi connectivity index (χ4v) is 2.97. The van der Waals surface area contributed by atoms with Gasteiger partial charge < -0.3 is 21.5 Å². The van der Waals surface area contributed by atoms with Crippen molar-refractivity contribution in [2.45, 2.75) is 32.1 Å². The first-order valence-electron chi connectivity index (χ1n) is 7.56. The minimum atomic E-state index is -0.132. The van der Waals surface area contributed by atoms with Gasteiger partial charge in [0.15, 0.2) is 0 Å². The van der Waals surface area contributed by atoms with E-state index < -0.39 is 0 Å². The van der Waals surface area contributed by atoms with Crippen molar-refractivity contribution in [2.24, 2.45) is 5.41 Å². The molecule has 0 radical (unpaired) electrons. The Hall–Kier alpha value is -1.75. The van der Waals surface area contributed by atoms with Crippen molar-refractivity contribution in [1.82, 2.24) is 5.32 Å². The molecule has 0 unspecified atom stereocenters. The predicted molar refractivity (Wildman–Crippen MR) is 85.3 cm³/mol. The molecular formula is C16H25N3O2. The first-order chi connectivity index (χ1) is 10.1. The highest BCUT2D eigenvalue weighted by atomic mass is 16.3. The molecule has 0 aromatic heterocycles. The molecule has 0 bridgehead atoms. The number of rotatable bonds is 5. The molecule has 1 aliphatic carbocycles. The van der Waals surface area contributed by atoms with E-state index in [-0.39, 0.29) is 17.9 Å². The van der Waals surface area contributed by atoms with Crippen molar-refractivity contribution in [1.29, 1.82) is 0 Å². The van der Waals surface area contributed by atoms with Crippen LogP contribution in [0.3, 0.4) is 0 Å². The van der Waals surface area contributed by atoms with Gasteiger partial charge in [-0.05, 0) is 31.0 Å². The summed E-state index contributed by atoms with van der Waals surface area (Å²) in [5, 5.41) is 15.7. The largest absolute Gasteiger partial charge is 0.397 e. The Bertz CT molecular complexity index is 496. The Labute approximate surface area is 125 Å². The highest BCUT2D eigenvalue weighted by Crippen LogP contribution is 2.36. The first kappa shape index (κ1) is 15.6. The molecule has 1 aromatic rings. The SMILES string of the molecule is CNC(=O)c1ccc(N)c(NCC2(CO)CCCCC2)c1. The molecule has 116 valence electrons. The number of aliphatic hydroxyl groups is 1. The minimum absolute atomic E-state index is 0.0618. The van der Waals surface area contributed by atoms with Gasteiger partial charge in [-0.3, -0.25) is 4.79 Å². The average molecular weight is 291 g/mol. The van der Waals surface area contributed by atoms with Crippen LogP contribution in [0.15, 0.2) is 18.2 Å². The molecule has 21 heavy (non-hydrogen) atoms. The molecule has 0 aliphatic heterocycles. The van der Waals surface area contributed by atoms with Crippen molar-refractivity contribution >= 4 is 17.3 Å². The molecule has 0 atom stereocenters. The van der Waals surface area contributed by atoms with Crippen LogP contribution < -0.4 is 16.4 Å². The van der Waals surface area contributed by atoms with Crippen molar-refractivity contribution in [3.05, 3.63) is 23.8 Å². The Balaban J connectivity index is 2.09. The first-order valence-corrected chi connectivity index (χ1v) is 7.56. The number of carbonyl (C=O) groups is 1. The number of hydrogen-bond acceptors (Lipinski definition) is 4. The summed E-state index contributed by atoms with van der Waals surface area (Å²) in [6.45, 7) is 0.875. The van der Waals surface area contributed by atoms with E-state index in [9.17, 15) is 9.90 Å². The van der Waals surface area contributed by atoms with Crippen molar-refractivity contribution in [2.75, 3.05) is 31.2 Å². The van der Waals surface area contributed by atoms with Gasteiger partial charge in [0.05, 0.1) is 18.0 Å². The summed E-state index contributed by atoms with van der Waals surface area (Å²) in [7, 11) is 1.61. The standard InChI is InChI=1S/C16H25N3O2/c1-18-15(21)12-5-6-13(17)14(9-12)19-10-16(11-20)7-3-2-4-8-16/h5-6,9,19-20H,2-4,7-8,10-11,17H2,1H3,(H,18,21). The zero-order chi connectivity index (χ0) is 15.3. The van der Waals surface area contributed by atoms with Crippen molar-refractivity contribution in [3.63, 3.8) is 0 Å². The number of aliphatic hydroxyl groups excluding tert-OH is 1. The summed E-state index contributed by atoms with van der Waals surface area (Å²) < 4.78 is 0. The lowest BCUT2D eigenvalue weighted by Crippen LogP contribution is -2.35. The van der Waals surface area contributed by atoms with Gasteiger partial charge in [-0.2, -0.15) is 0 Å². The molecule has 2 rings (SSSR count). The van der Waals surface area contributed by atoms with E-state index in [2.05, 4.69) is 10.6 Å². The number of benzene rings is 1. The number of carbonyl (C=O) groups excluding carboxylic acids is 1. The summed E-state index contributed by atoms with van der Waals surface area (Å²) in [5.74, 6) is -0.132. The molecule has 5 nitrogen and oxygen atoms in total. The van der Waals surface area contributed by atoms with E-state index in [1.54, 1.807) is 25.2 Å². The molecule has 1 saturated carbocycles. The highest BCUT2D eigenvalue weighted by Gasteiger charge is 2.31. The van der Waals surface area contributed by atoms with E-state index in [0.29, 0.717) is 17.8 Å². The lowest BCUT2D eigenvalue weighted by atomic mass is 9.74. The second-order valence-electron chi connectivity index (χ2n) is 5.95. The molecule has 5 N–H and O–H groups in total. The van der Waals surface area contributed by atoms with Gasteiger partial charge in [-0.15, -0.1) is 0 Å². The van der Waals surface area contributed by atoms with Crippen LogP contribution in [0.4, 0.5) is 11.4 Å². The minimum Gasteiger partial charge on any atom is -0.397 e. The Morgan fingerprint density at radius 3 is 2.67 bits per heavy atom. The third-order valence-electron chi connectivity index (χ3n) is 4.45. The molecule has 1 aliphatic rings. The van der Waals surface area contributed by atoms with Crippen LogP contribution in [0.25, 0.3) is 0 Å². The van der Waals surface area contributed by atoms with Crippen LogP contribution in [0, 0.1) is 5.41 Å². The lowest BCUT2D eigenvalue weighted by Gasteiger charge is -2.36. The monoisotopic (exact) mass is 291 g/mol. The normalized spacial score (nSPS) is 17.2. The second-order valence-corrected chi connectivity index (χ2v) is 5.95. The number of nitrogens with one attached hydrogen (secondary N) is 2. The molecule has 0 spiro atoms. The summed E-state index contributed by atoms with van der Waals surface area (Å²) in [4.78, 5) is 11.7. The average Bonchev–Trinajstić information content (AvgIpc) is 2.54. The quantitative estimate of drug-likeness (QED) is 0.625. The van der Waals surface area contributed by atoms with Gasteiger partial charge in [0.25, 0.3) is 5.91 Å². The smallest absolute Gasteiger partial charge is 0.251 e. The lowest BCUT2D eigenvalue weighted by molar-refractivity contribution is 0.0943. The van der Waals surface area contributed by atoms with E-state index >= 15 is 0 Å². The Morgan fingerprint density at radius 1 is 1.33 bits per heavy atom. The van der Waals surface area contributed by atoms with Gasteiger partial charge in [0.2, 0.25) is 0 Å². The summed E-state index contributed by atoms with van der Waals surface area (Å²) in [5.41, 5.74) is 7.87. The maximum absolute atomic E-state index is 11.7. The highest BCUT2D eigenvalue weighted by molar-refractivity contribution is 5.96. The fourth-order valence-electron chi connectivity index (χ4n) is 2.97. The van der Waals surface area contributed by atoms with Crippen LogP contribution in [0.1, 0.15) is 42.5 Å². The number of anilines is 2. The molecular weight excluding hydrogens is 266 g/mol. The van der Waals surface area contributed by atoms with Crippen molar-refractivity contribution in [3.8, 4) is 0 Å². The zero-order valence-electron chi connectivity index (χ0n) is 12.6. The molecule has 1 fully saturated rings. The van der Waals surface area contributed by atoms with Gasteiger partial charge in [-0.25, -0.2) is 0 Å². The summed E-state index contributed by atoms with van der Waals surface area (Å²) >= 11 is 0. The molecule has 5 heteroatoms. The van der Waals surface area contributed by atoms with Crippen LogP contribution in [-0.2, 0) is 0 Å². The number of nitrogen functional groups attached to an aromatic ring is 1. The van der Waals surface area contributed by atoms with Crippen LogP contribution in [-0.4, -0.2) is 31.2 Å². The van der Waals surface area contributed by atoms with E-state index in [1.807, 2.05) is 0 Å². The summed E-state index contributed by atoms with van der Waals surface area (Å²) in [6.07, 6.45) is 5.64. The third-order valence-corrected chi connectivity index (χ3v) is 4.45. The number of nitrogens with two attached hydrogens (primary N) is 1. The topological polar surface area (TPSA) is 87.4 Å². The van der Waals surface area contributed by atoms with Gasteiger partial charge in [0, 0.05) is 24.6 Å². The number of hydrogen-bond donors (Lipinski definition) is 4. The zero-order valence-corrected chi connectivity index (χ0v) is 12.6. The molecule has 1 aromatic carbocycles. The van der Waals surface area contributed by atoms with E-state index in [0.717, 1.165) is 31.4 Å².